The van der Waals surface area contributed by atoms with Gasteiger partial charge in [0.2, 0.25) is 0 Å². The minimum atomic E-state index is 0.298. The molecule has 1 saturated carbocycles. The van der Waals surface area contributed by atoms with Crippen LogP contribution in [0.4, 0.5) is 5.82 Å². The number of ether oxygens (including phenoxy) is 2. The van der Waals surface area contributed by atoms with Crippen LogP contribution >= 0.6 is 0 Å². The zero-order valence-electron chi connectivity index (χ0n) is 15.0. The lowest BCUT2D eigenvalue weighted by molar-refractivity contribution is 0.121. The van der Waals surface area contributed by atoms with Crippen LogP contribution in [0, 0.1) is 0 Å². The van der Waals surface area contributed by atoms with Crippen molar-refractivity contribution in [3.05, 3.63) is 53.2 Å². The summed E-state index contributed by atoms with van der Waals surface area (Å²) in [5.74, 6) is 1.96. The van der Waals surface area contributed by atoms with Gasteiger partial charge in [-0.25, -0.2) is 4.98 Å². The van der Waals surface area contributed by atoms with Crippen LogP contribution in [0.15, 0.2) is 41.5 Å². The lowest BCUT2D eigenvalue weighted by atomic mass is 10.0. The van der Waals surface area contributed by atoms with Crippen LogP contribution in [-0.4, -0.2) is 43.1 Å². The Morgan fingerprint density at radius 2 is 2.00 bits per heavy atom. The summed E-state index contributed by atoms with van der Waals surface area (Å²) in [4.78, 5) is 11.7. The van der Waals surface area contributed by atoms with Gasteiger partial charge in [0.1, 0.15) is 11.6 Å². The largest absolute Gasteiger partial charge is 0.490 e. The number of pyridine rings is 1. The minimum absolute atomic E-state index is 0.298. The van der Waals surface area contributed by atoms with Crippen molar-refractivity contribution in [3.63, 3.8) is 0 Å². The summed E-state index contributed by atoms with van der Waals surface area (Å²) in [6, 6.07) is 10.6. The van der Waals surface area contributed by atoms with E-state index in [0.29, 0.717) is 12.2 Å². The number of hydrogen-bond acceptors (Lipinski definition) is 5. The lowest BCUT2D eigenvalue weighted by Crippen LogP contribution is -2.23. The smallest absolute Gasteiger partial charge is 0.129 e. The van der Waals surface area contributed by atoms with E-state index in [1.807, 2.05) is 6.20 Å². The van der Waals surface area contributed by atoms with E-state index in [9.17, 15) is 0 Å². The summed E-state index contributed by atoms with van der Waals surface area (Å²) in [6.07, 6.45) is 5.98. The quantitative estimate of drug-likeness (QED) is 0.832. The Hall–Kier alpha value is -2.40. The number of rotatable bonds is 5. The topological polar surface area (TPSA) is 47.0 Å². The van der Waals surface area contributed by atoms with E-state index >= 15 is 0 Å². The van der Waals surface area contributed by atoms with Crippen molar-refractivity contribution in [2.75, 3.05) is 25.1 Å². The van der Waals surface area contributed by atoms with Gasteiger partial charge in [0, 0.05) is 37.5 Å². The Balaban J connectivity index is 1.42. The third-order valence-corrected chi connectivity index (χ3v) is 5.39. The molecule has 0 N–H and O–H groups in total. The van der Waals surface area contributed by atoms with Crippen LogP contribution in [0.2, 0.25) is 0 Å². The van der Waals surface area contributed by atoms with E-state index in [1.54, 1.807) is 7.11 Å². The molecule has 2 fully saturated rings. The number of aromatic nitrogens is 1. The fourth-order valence-corrected chi connectivity index (χ4v) is 3.73. The van der Waals surface area contributed by atoms with E-state index in [0.717, 1.165) is 48.9 Å². The van der Waals surface area contributed by atoms with Crippen molar-refractivity contribution < 1.29 is 9.47 Å². The second-order valence-electron chi connectivity index (χ2n) is 7.30. The van der Waals surface area contributed by atoms with Gasteiger partial charge >= 0.3 is 0 Å². The molecule has 2 aromatic rings. The van der Waals surface area contributed by atoms with Crippen LogP contribution in [0.25, 0.3) is 0 Å². The zero-order chi connectivity index (χ0) is 17.5. The maximum absolute atomic E-state index is 5.97. The van der Waals surface area contributed by atoms with Gasteiger partial charge in [-0.3, -0.25) is 4.99 Å². The van der Waals surface area contributed by atoms with Gasteiger partial charge in [0.15, 0.2) is 0 Å². The molecule has 0 spiro atoms. The molecule has 3 heterocycles. The molecule has 0 radical (unpaired) electrons. The van der Waals surface area contributed by atoms with Gasteiger partial charge < -0.3 is 14.4 Å². The standard InChI is InChI=1S/C21H23N3O2/c1-25-18-7-9-24(13-18)20-10-14(6-8-22-20)21-19-11-17(26-16-4-5-16)3-2-15(19)12-23-21/h2-3,6,8,10-11,16,18H,4-5,7,9,12-13H2,1H3/t18-/m0/s1. The molecule has 134 valence electrons. The molecule has 3 aliphatic rings. The summed E-state index contributed by atoms with van der Waals surface area (Å²) in [5.41, 5.74) is 4.63. The highest BCUT2D eigenvalue weighted by molar-refractivity contribution is 6.15. The highest BCUT2D eigenvalue weighted by Crippen LogP contribution is 2.32. The Bertz CT molecular complexity index is 860. The first-order valence-corrected chi connectivity index (χ1v) is 9.39. The summed E-state index contributed by atoms with van der Waals surface area (Å²) >= 11 is 0. The Morgan fingerprint density at radius 3 is 2.81 bits per heavy atom. The molecule has 0 unspecified atom stereocenters. The van der Waals surface area contributed by atoms with Gasteiger partial charge in [-0.2, -0.15) is 0 Å². The normalized spacial score (nSPS) is 21.7. The highest BCUT2D eigenvalue weighted by atomic mass is 16.5. The molecule has 1 aromatic carbocycles. The number of methoxy groups -OCH3 is 1. The highest BCUT2D eigenvalue weighted by Gasteiger charge is 2.26. The van der Waals surface area contributed by atoms with Crippen LogP contribution in [0.5, 0.6) is 5.75 Å². The minimum Gasteiger partial charge on any atom is -0.490 e. The number of anilines is 1. The third kappa shape index (κ3) is 2.97. The number of benzene rings is 1. The van der Waals surface area contributed by atoms with Crippen molar-refractivity contribution >= 4 is 11.5 Å². The van der Waals surface area contributed by atoms with Crippen molar-refractivity contribution in [3.8, 4) is 5.75 Å². The first kappa shape index (κ1) is 15.8. The van der Waals surface area contributed by atoms with Crippen molar-refractivity contribution in [1.29, 1.82) is 0 Å². The molecular formula is C21H23N3O2. The first-order valence-electron chi connectivity index (χ1n) is 9.39. The fraction of sp³-hybridized carbons (Fsp3) is 0.429. The molecule has 0 bridgehead atoms. The maximum atomic E-state index is 5.97. The molecule has 0 amide bonds. The molecule has 5 heteroatoms. The van der Waals surface area contributed by atoms with E-state index in [2.05, 4.69) is 40.2 Å². The lowest BCUT2D eigenvalue weighted by Gasteiger charge is -2.18. The Morgan fingerprint density at radius 1 is 1.08 bits per heavy atom. The van der Waals surface area contributed by atoms with E-state index in [-0.39, 0.29) is 0 Å². The zero-order valence-corrected chi connectivity index (χ0v) is 15.0. The van der Waals surface area contributed by atoms with Crippen molar-refractivity contribution in [2.24, 2.45) is 4.99 Å². The van der Waals surface area contributed by atoms with Gasteiger partial charge in [-0.15, -0.1) is 0 Å². The molecule has 26 heavy (non-hydrogen) atoms. The fourth-order valence-electron chi connectivity index (χ4n) is 3.73. The summed E-state index contributed by atoms with van der Waals surface area (Å²) in [5, 5.41) is 0. The van der Waals surface area contributed by atoms with Gasteiger partial charge in [0.05, 0.1) is 24.5 Å². The van der Waals surface area contributed by atoms with Crippen LogP contribution in [0.1, 0.15) is 36.0 Å². The van der Waals surface area contributed by atoms with Gasteiger partial charge in [-0.1, -0.05) is 6.07 Å². The number of fused-ring (bicyclic) bond motifs is 1. The predicted molar refractivity (Wildman–Crippen MR) is 101 cm³/mol. The number of hydrogen-bond donors (Lipinski definition) is 0. The molecule has 1 aromatic heterocycles. The molecule has 2 aliphatic heterocycles. The number of nitrogens with zero attached hydrogens (tertiary/aromatic N) is 3. The SMILES string of the molecule is CO[C@H]1CCN(c2cc(C3=NCc4ccc(OC5CC5)cc43)ccn2)C1. The average molecular weight is 349 g/mol. The van der Waals surface area contributed by atoms with Crippen molar-refractivity contribution in [2.45, 2.75) is 38.0 Å². The molecule has 1 aliphatic carbocycles. The first-order chi connectivity index (χ1) is 12.8. The second kappa shape index (κ2) is 6.40. The van der Waals surface area contributed by atoms with Crippen LogP contribution in [0.3, 0.4) is 0 Å². The molecule has 5 nitrogen and oxygen atoms in total. The van der Waals surface area contributed by atoms with E-state index < -0.39 is 0 Å². The molecule has 1 saturated heterocycles. The second-order valence-corrected chi connectivity index (χ2v) is 7.30. The van der Waals surface area contributed by atoms with Gasteiger partial charge in [-0.05, 0) is 49.1 Å². The van der Waals surface area contributed by atoms with E-state index in [4.69, 9.17) is 14.5 Å². The molecule has 1 atom stereocenters. The third-order valence-electron chi connectivity index (χ3n) is 5.39. The Kier molecular flexibility index (Phi) is 3.89. The monoisotopic (exact) mass is 349 g/mol. The summed E-state index contributed by atoms with van der Waals surface area (Å²) in [7, 11) is 1.78. The van der Waals surface area contributed by atoms with Crippen LogP contribution in [-0.2, 0) is 11.3 Å². The maximum Gasteiger partial charge on any atom is 0.129 e. The van der Waals surface area contributed by atoms with Crippen molar-refractivity contribution in [1.82, 2.24) is 4.98 Å². The molecule has 5 rings (SSSR count). The predicted octanol–water partition coefficient (Wildman–Crippen LogP) is 3.20. The van der Waals surface area contributed by atoms with E-state index in [1.165, 1.54) is 24.0 Å². The average Bonchev–Trinajstić information content (AvgIpc) is 3.20. The summed E-state index contributed by atoms with van der Waals surface area (Å²) < 4.78 is 11.5. The Labute approximate surface area is 153 Å². The summed E-state index contributed by atoms with van der Waals surface area (Å²) in [6.45, 7) is 2.62. The van der Waals surface area contributed by atoms with Gasteiger partial charge in [0.25, 0.3) is 0 Å². The number of aliphatic imine (C=N–C) groups is 1. The molecular weight excluding hydrogens is 326 g/mol. The van der Waals surface area contributed by atoms with Crippen LogP contribution < -0.4 is 9.64 Å².